The molecule has 0 spiro atoms. The third-order valence-corrected chi connectivity index (χ3v) is 1.23. The fraction of sp³-hybridized carbons (Fsp3) is 0.571. The van der Waals surface area contributed by atoms with Crippen molar-refractivity contribution >= 4 is 0 Å². The van der Waals surface area contributed by atoms with Crippen LogP contribution in [-0.2, 0) is 0 Å². The van der Waals surface area contributed by atoms with Crippen LogP contribution in [0.15, 0.2) is 0 Å². The van der Waals surface area contributed by atoms with E-state index in [0.717, 1.165) is 6.42 Å². The Morgan fingerprint density at radius 1 is 1.57 bits per heavy atom. The van der Waals surface area contributed by atoms with E-state index in [1.165, 1.54) is 19.3 Å². The minimum absolute atomic E-state index is 0.954. The topological polar surface area (TPSA) is 0 Å². The summed E-state index contributed by atoms with van der Waals surface area (Å²) in [4.78, 5) is 0. The molecule has 0 N–H and O–H groups in total. The van der Waals surface area contributed by atoms with Gasteiger partial charge in [0.25, 0.3) is 0 Å². The Kier molecular flexibility index (Phi) is 1.36. The van der Waals surface area contributed by atoms with Crippen LogP contribution in [0.2, 0.25) is 0 Å². The molecule has 1 rings (SSSR count). The van der Waals surface area contributed by atoms with Crippen LogP contribution in [-0.4, -0.2) is 0 Å². The van der Waals surface area contributed by atoms with Gasteiger partial charge in [0, 0.05) is 6.42 Å². The lowest BCUT2D eigenvalue weighted by Gasteiger charge is -1.82. The van der Waals surface area contributed by atoms with E-state index in [9.17, 15) is 0 Å². The first kappa shape index (κ1) is 4.71. The first-order valence-corrected chi connectivity index (χ1v) is 2.70. The highest BCUT2D eigenvalue weighted by Crippen LogP contribution is 2.35. The Labute approximate surface area is 44.9 Å². The van der Waals surface area contributed by atoms with Gasteiger partial charge in [0.1, 0.15) is 0 Å². The van der Waals surface area contributed by atoms with Crippen LogP contribution in [0.5, 0.6) is 0 Å². The van der Waals surface area contributed by atoms with E-state index in [1.54, 1.807) is 5.92 Å². The van der Waals surface area contributed by atoms with Gasteiger partial charge in [-0.2, -0.15) is 0 Å². The van der Waals surface area contributed by atoms with Crippen LogP contribution < -0.4 is 0 Å². The standard InChI is InChI=1S/C7H9/c1-2-3-4-7-5-6-7/h1H,3-6H2. The summed E-state index contributed by atoms with van der Waals surface area (Å²) < 4.78 is 0. The molecule has 1 fully saturated rings. The molecule has 0 nitrogen and oxygen atoms in total. The van der Waals surface area contributed by atoms with Crippen molar-refractivity contribution in [3.63, 3.8) is 0 Å². The van der Waals surface area contributed by atoms with Crippen LogP contribution in [0.4, 0.5) is 0 Å². The number of hydrogen-bond acceptors (Lipinski definition) is 0. The molecule has 0 aromatic rings. The van der Waals surface area contributed by atoms with E-state index in [-0.39, 0.29) is 0 Å². The summed E-state index contributed by atoms with van der Waals surface area (Å²) in [6.45, 7) is 0. The normalized spacial score (nSPS) is 18.7. The molecule has 0 bridgehead atoms. The smallest absolute Gasteiger partial charge is 0.00915 e. The number of rotatable bonds is 2. The molecule has 0 unspecified atom stereocenters. The molecule has 0 aromatic carbocycles. The van der Waals surface area contributed by atoms with Gasteiger partial charge in [-0.05, 0) is 25.2 Å². The van der Waals surface area contributed by atoms with E-state index < -0.39 is 0 Å². The van der Waals surface area contributed by atoms with Crippen molar-refractivity contribution in [3.05, 3.63) is 5.92 Å². The SMILES string of the molecule is C#CCC[C]1CC1. The van der Waals surface area contributed by atoms with E-state index in [0.29, 0.717) is 0 Å². The maximum atomic E-state index is 5.04. The molecule has 0 aromatic heterocycles. The van der Waals surface area contributed by atoms with Crippen molar-refractivity contribution in [1.29, 1.82) is 0 Å². The van der Waals surface area contributed by atoms with Crippen LogP contribution in [0.1, 0.15) is 25.7 Å². The Balaban J connectivity index is 1.91. The Morgan fingerprint density at radius 2 is 2.29 bits per heavy atom. The Bertz CT molecular complexity index is 82.7. The summed E-state index contributed by atoms with van der Waals surface area (Å²) in [7, 11) is 0. The lowest BCUT2D eigenvalue weighted by atomic mass is 10.2. The fourth-order valence-electron chi connectivity index (χ4n) is 0.587. The minimum atomic E-state index is 0.954. The van der Waals surface area contributed by atoms with Crippen molar-refractivity contribution < 1.29 is 0 Å². The van der Waals surface area contributed by atoms with Gasteiger partial charge in [0.15, 0.2) is 0 Å². The summed E-state index contributed by atoms with van der Waals surface area (Å²) in [5, 5.41) is 0. The first-order chi connectivity index (χ1) is 3.43. The van der Waals surface area contributed by atoms with Gasteiger partial charge in [0.05, 0.1) is 0 Å². The van der Waals surface area contributed by atoms with Gasteiger partial charge in [-0.3, -0.25) is 0 Å². The lowest BCUT2D eigenvalue weighted by molar-refractivity contribution is 0.974. The molecule has 1 saturated carbocycles. The first-order valence-electron chi connectivity index (χ1n) is 2.70. The predicted molar refractivity (Wildman–Crippen MR) is 30.5 cm³/mol. The molecule has 0 saturated heterocycles. The zero-order chi connectivity index (χ0) is 5.11. The maximum absolute atomic E-state index is 5.04. The largest absolute Gasteiger partial charge is 0.120 e. The highest BCUT2D eigenvalue weighted by Gasteiger charge is 2.20. The summed E-state index contributed by atoms with van der Waals surface area (Å²) in [6.07, 6.45) is 9.88. The second-order valence-electron chi connectivity index (χ2n) is 1.95. The summed E-state index contributed by atoms with van der Waals surface area (Å²) in [6, 6.07) is 0. The highest BCUT2D eigenvalue weighted by molar-refractivity contribution is 5.07. The molecule has 0 heteroatoms. The van der Waals surface area contributed by atoms with Crippen LogP contribution in [0.3, 0.4) is 0 Å². The van der Waals surface area contributed by atoms with Crippen molar-refractivity contribution in [2.45, 2.75) is 25.7 Å². The van der Waals surface area contributed by atoms with Crippen molar-refractivity contribution in [3.8, 4) is 12.3 Å². The molecule has 0 atom stereocenters. The summed E-state index contributed by atoms with van der Waals surface area (Å²) in [5.41, 5.74) is 0. The van der Waals surface area contributed by atoms with E-state index in [2.05, 4.69) is 5.92 Å². The third-order valence-electron chi connectivity index (χ3n) is 1.23. The van der Waals surface area contributed by atoms with Crippen molar-refractivity contribution in [2.24, 2.45) is 0 Å². The zero-order valence-corrected chi connectivity index (χ0v) is 4.41. The maximum Gasteiger partial charge on any atom is 0.00915 e. The fourth-order valence-corrected chi connectivity index (χ4v) is 0.587. The minimum Gasteiger partial charge on any atom is -0.120 e. The molecule has 0 amide bonds. The molecule has 1 aliphatic rings. The highest BCUT2D eigenvalue weighted by atomic mass is 14.2. The van der Waals surface area contributed by atoms with Crippen molar-refractivity contribution in [2.75, 3.05) is 0 Å². The molecular formula is C7H9. The molecule has 1 aliphatic carbocycles. The zero-order valence-electron chi connectivity index (χ0n) is 4.41. The lowest BCUT2D eigenvalue weighted by Crippen LogP contribution is -1.68. The van der Waals surface area contributed by atoms with Gasteiger partial charge in [-0.25, -0.2) is 0 Å². The summed E-state index contributed by atoms with van der Waals surface area (Å²) in [5.74, 6) is 4.28. The van der Waals surface area contributed by atoms with Crippen LogP contribution >= 0.6 is 0 Å². The van der Waals surface area contributed by atoms with Gasteiger partial charge in [0.2, 0.25) is 0 Å². The number of hydrogen-bond donors (Lipinski definition) is 0. The van der Waals surface area contributed by atoms with Gasteiger partial charge < -0.3 is 0 Å². The van der Waals surface area contributed by atoms with Gasteiger partial charge in [-0.1, -0.05) is 0 Å². The molecular weight excluding hydrogens is 84.1 g/mol. The molecule has 0 aliphatic heterocycles. The average Bonchev–Trinajstić information content (AvgIpc) is 2.42. The second-order valence-corrected chi connectivity index (χ2v) is 1.95. The second kappa shape index (κ2) is 2.02. The van der Waals surface area contributed by atoms with E-state index in [1.807, 2.05) is 0 Å². The molecule has 37 valence electrons. The average molecular weight is 93.1 g/mol. The van der Waals surface area contributed by atoms with Crippen LogP contribution in [0, 0.1) is 18.3 Å². The van der Waals surface area contributed by atoms with Crippen LogP contribution in [0.25, 0.3) is 0 Å². The summed E-state index contributed by atoms with van der Waals surface area (Å²) >= 11 is 0. The Hall–Kier alpha value is -0.440. The van der Waals surface area contributed by atoms with Crippen molar-refractivity contribution in [1.82, 2.24) is 0 Å². The Morgan fingerprint density at radius 3 is 2.71 bits per heavy atom. The van der Waals surface area contributed by atoms with Gasteiger partial charge >= 0.3 is 0 Å². The van der Waals surface area contributed by atoms with E-state index in [4.69, 9.17) is 6.42 Å². The quantitative estimate of drug-likeness (QED) is 0.456. The molecule has 1 radical (unpaired) electrons. The van der Waals surface area contributed by atoms with Gasteiger partial charge in [-0.15, -0.1) is 12.3 Å². The third kappa shape index (κ3) is 1.64. The monoisotopic (exact) mass is 93.1 g/mol. The number of terminal acetylenes is 1. The molecule has 0 heterocycles. The van der Waals surface area contributed by atoms with E-state index >= 15 is 0 Å². The molecule has 7 heavy (non-hydrogen) atoms. The predicted octanol–water partition coefficient (Wildman–Crippen LogP) is 1.77.